The predicted octanol–water partition coefficient (Wildman–Crippen LogP) is 0.456. The van der Waals surface area contributed by atoms with E-state index in [0.29, 0.717) is 6.42 Å². The maximum absolute atomic E-state index is 12.1. The van der Waals surface area contributed by atoms with E-state index in [9.17, 15) is 24.3 Å². The van der Waals surface area contributed by atoms with Crippen LogP contribution >= 0.6 is 0 Å². The molecule has 0 bridgehead atoms. The van der Waals surface area contributed by atoms with Crippen molar-refractivity contribution in [3.8, 4) is 0 Å². The molecule has 0 rings (SSSR count). The molecule has 0 aromatic heterocycles. The molecular formula is C16H29N3O7. The van der Waals surface area contributed by atoms with Crippen molar-refractivity contribution >= 4 is 23.9 Å². The number of carboxylic acid groups (broad SMARTS) is 3. The number of amides is 2. The van der Waals surface area contributed by atoms with E-state index in [0.717, 1.165) is 0 Å². The van der Waals surface area contributed by atoms with Gasteiger partial charge in [-0.1, -0.05) is 20.8 Å². The minimum Gasteiger partial charge on any atom is -0.481 e. The first-order valence-corrected chi connectivity index (χ1v) is 8.36. The predicted molar refractivity (Wildman–Crippen MR) is 92.6 cm³/mol. The first-order chi connectivity index (χ1) is 11.8. The van der Waals surface area contributed by atoms with Crippen molar-refractivity contribution in [2.24, 2.45) is 17.6 Å². The summed E-state index contributed by atoms with van der Waals surface area (Å²) in [6.07, 6.45) is -0.308. The number of hydrogen-bond acceptors (Lipinski definition) is 5. The second-order valence-corrected chi connectivity index (χ2v) is 6.89. The minimum absolute atomic E-state index is 0.173. The number of carbonyl (C=O) groups is 4. The molecule has 0 saturated carbocycles. The lowest BCUT2D eigenvalue weighted by atomic mass is 9.72. The molecule has 150 valence electrons. The van der Waals surface area contributed by atoms with Crippen molar-refractivity contribution < 1.29 is 34.5 Å². The molecule has 0 radical (unpaired) electrons. The van der Waals surface area contributed by atoms with Gasteiger partial charge in [0.25, 0.3) is 0 Å². The molecular weight excluding hydrogens is 346 g/mol. The van der Waals surface area contributed by atoms with Gasteiger partial charge in [0.2, 0.25) is 0 Å². The SMILES string of the molecule is CCC(C)(N)C(C(C)C)C(NC(=O)NC(CCC(=O)O)C(=O)O)C(=O)O. The topological polar surface area (TPSA) is 179 Å². The van der Waals surface area contributed by atoms with Gasteiger partial charge in [0, 0.05) is 17.9 Å². The highest BCUT2D eigenvalue weighted by Crippen LogP contribution is 2.29. The lowest BCUT2D eigenvalue weighted by Gasteiger charge is -2.40. The van der Waals surface area contributed by atoms with Crippen LogP contribution in [0, 0.1) is 11.8 Å². The summed E-state index contributed by atoms with van der Waals surface area (Å²) >= 11 is 0. The highest BCUT2D eigenvalue weighted by molar-refractivity contribution is 5.86. The lowest BCUT2D eigenvalue weighted by molar-refractivity contribution is -0.142. The third-order valence-corrected chi connectivity index (χ3v) is 4.40. The van der Waals surface area contributed by atoms with Crippen LogP contribution in [-0.4, -0.2) is 56.9 Å². The van der Waals surface area contributed by atoms with Crippen LogP contribution in [0.4, 0.5) is 4.79 Å². The third kappa shape index (κ3) is 7.26. The van der Waals surface area contributed by atoms with E-state index in [4.69, 9.17) is 15.9 Å². The number of nitrogens with one attached hydrogen (secondary N) is 2. The number of rotatable bonds is 11. The molecule has 0 aliphatic carbocycles. The van der Waals surface area contributed by atoms with Gasteiger partial charge in [-0.3, -0.25) is 4.79 Å². The smallest absolute Gasteiger partial charge is 0.326 e. The zero-order valence-electron chi connectivity index (χ0n) is 15.5. The standard InChI is InChI=1S/C16H29N3O7/c1-5-16(4,17)11(8(2)3)12(14(24)25)19-15(26)18-9(13(22)23)6-7-10(20)21/h8-9,11-12H,5-7,17H2,1-4H3,(H,20,21)(H,22,23)(H,24,25)(H2,18,19,26). The molecule has 0 aromatic rings. The van der Waals surface area contributed by atoms with E-state index in [2.05, 4.69) is 10.6 Å². The molecule has 0 saturated heterocycles. The van der Waals surface area contributed by atoms with Crippen LogP contribution in [-0.2, 0) is 14.4 Å². The second kappa shape index (κ2) is 9.95. The molecule has 26 heavy (non-hydrogen) atoms. The van der Waals surface area contributed by atoms with Crippen molar-refractivity contribution in [2.75, 3.05) is 0 Å². The van der Waals surface area contributed by atoms with Gasteiger partial charge < -0.3 is 31.7 Å². The molecule has 10 heteroatoms. The van der Waals surface area contributed by atoms with Crippen LogP contribution in [0.1, 0.15) is 47.0 Å². The number of carboxylic acids is 3. The number of carbonyl (C=O) groups excluding carboxylic acids is 1. The van der Waals surface area contributed by atoms with E-state index < -0.39 is 53.9 Å². The highest BCUT2D eigenvalue weighted by Gasteiger charge is 2.42. The van der Waals surface area contributed by atoms with Crippen LogP contribution < -0.4 is 16.4 Å². The van der Waals surface area contributed by atoms with Gasteiger partial charge in [0.05, 0.1) is 0 Å². The van der Waals surface area contributed by atoms with E-state index in [1.165, 1.54) is 0 Å². The molecule has 4 atom stereocenters. The average molecular weight is 375 g/mol. The van der Waals surface area contributed by atoms with E-state index >= 15 is 0 Å². The molecule has 10 nitrogen and oxygen atoms in total. The Labute approximate surface area is 152 Å². The van der Waals surface area contributed by atoms with Gasteiger partial charge in [0.1, 0.15) is 12.1 Å². The summed E-state index contributed by atoms with van der Waals surface area (Å²) in [5, 5.41) is 31.6. The quantitative estimate of drug-likeness (QED) is 0.301. The Kier molecular flexibility index (Phi) is 9.05. The van der Waals surface area contributed by atoms with E-state index in [1.54, 1.807) is 27.7 Å². The van der Waals surface area contributed by atoms with Gasteiger partial charge in [-0.05, 0) is 25.7 Å². The molecule has 0 aromatic carbocycles. The van der Waals surface area contributed by atoms with Gasteiger partial charge in [-0.25, -0.2) is 14.4 Å². The molecule has 0 heterocycles. The normalized spacial score (nSPS) is 16.8. The van der Waals surface area contributed by atoms with Crippen molar-refractivity contribution in [3.63, 3.8) is 0 Å². The second-order valence-electron chi connectivity index (χ2n) is 6.89. The van der Waals surface area contributed by atoms with Crippen LogP contribution in [0.15, 0.2) is 0 Å². The summed E-state index contributed by atoms with van der Waals surface area (Å²) in [5.41, 5.74) is 5.34. The Bertz CT molecular complexity index is 534. The summed E-state index contributed by atoms with van der Waals surface area (Å²) in [4.78, 5) is 45.5. The van der Waals surface area contributed by atoms with Crippen LogP contribution in [0.25, 0.3) is 0 Å². The zero-order valence-corrected chi connectivity index (χ0v) is 15.5. The Hall–Kier alpha value is -2.36. The fourth-order valence-corrected chi connectivity index (χ4v) is 2.93. The highest BCUT2D eigenvalue weighted by atomic mass is 16.4. The fraction of sp³-hybridized carbons (Fsp3) is 0.750. The fourth-order valence-electron chi connectivity index (χ4n) is 2.93. The summed E-state index contributed by atoms with van der Waals surface area (Å²) in [5.74, 6) is -4.69. The molecule has 7 N–H and O–H groups in total. The summed E-state index contributed by atoms with van der Waals surface area (Å²) in [7, 11) is 0. The van der Waals surface area contributed by atoms with Crippen molar-refractivity contribution in [3.05, 3.63) is 0 Å². The van der Waals surface area contributed by atoms with Gasteiger partial charge in [0.15, 0.2) is 0 Å². The summed E-state index contributed by atoms with van der Waals surface area (Å²) < 4.78 is 0. The Morgan fingerprint density at radius 1 is 1.04 bits per heavy atom. The molecule has 4 unspecified atom stereocenters. The van der Waals surface area contributed by atoms with Gasteiger partial charge >= 0.3 is 23.9 Å². The number of aliphatic carboxylic acids is 3. The summed E-state index contributed by atoms with van der Waals surface area (Å²) in [6.45, 7) is 7.07. The maximum Gasteiger partial charge on any atom is 0.326 e. The zero-order chi connectivity index (χ0) is 20.7. The number of urea groups is 1. The third-order valence-electron chi connectivity index (χ3n) is 4.40. The van der Waals surface area contributed by atoms with E-state index in [-0.39, 0.29) is 12.3 Å². The van der Waals surface area contributed by atoms with Crippen LogP contribution in [0.5, 0.6) is 0 Å². The molecule has 0 aliphatic rings. The van der Waals surface area contributed by atoms with Crippen LogP contribution in [0.2, 0.25) is 0 Å². The molecule has 0 spiro atoms. The van der Waals surface area contributed by atoms with Crippen molar-refractivity contribution in [1.82, 2.24) is 10.6 Å². The van der Waals surface area contributed by atoms with Gasteiger partial charge in [-0.15, -0.1) is 0 Å². The van der Waals surface area contributed by atoms with Crippen LogP contribution in [0.3, 0.4) is 0 Å². The van der Waals surface area contributed by atoms with Crippen molar-refractivity contribution in [2.45, 2.75) is 64.6 Å². The first-order valence-electron chi connectivity index (χ1n) is 8.36. The van der Waals surface area contributed by atoms with Gasteiger partial charge in [-0.2, -0.15) is 0 Å². The van der Waals surface area contributed by atoms with E-state index in [1.807, 2.05) is 0 Å². The average Bonchev–Trinajstić information content (AvgIpc) is 2.49. The molecule has 2 amide bonds. The Morgan fingerprint density at radius 3 is 1.92 bits per heavy atom. The summed E-state index contributed by atoms with van der Waals surface area (Å²) in [6, 6.07) is -3.79. The lowest BCUT2D eigenvalue weighted by Crippen LogP contribution is -2.61. The van der Waals surface area contributed by atoms with Crippen molar-refractivity contribution in [1.29, 1.82) is 0 Å². The Balaban J connectivity index is 5.30. The molecule has 0 aliphatic heterocycles. The Morgan fingerprint density at radius 2 is 1.58 bits per heavy atom. The molecule has 0 fully saturated rings. The first kappa shape index (κ1) is 23.6. The number of nitrogens with two attached hydrogens (primary N) is 1. The number of hydrogen-bond donors (Lipinski definition) is 6. The largest absolute Gasteiger partial charge is 0.481 e. The monoisotopic (exact) mass is 375 g/mol. The maximum atomic E-state index is 12.1. The minimum atomic E-state index is -1.45.